The zero-order chi connectivity index (χ0) is 19.9. The minimum Gasteiger partial charge on any atom is -0.490 e. The van der Waals surface area contributed by atoms with Gasteiger partial charge in [0.25, 0.3) is 5.91 Å². The fraction of sp³-hybridized carbons (Fsp3) is 0.381. The van der Waals surface area contributed by atoms with Gasteiger partial charge in [-0.3, -0.25) is 4.79 Å². The summed E-state index contributed by atoms with van der Waals surface area (Å²) >= 11 is 5.88. The molecular weight excluding hydrogens is 366 g/mol. The van der Waals surface area contributed by atoms with E-state index >= 15 is 0 Å². The maximum Gasteiger partial charge on any atom is 0.263 e. The number of hydrogen-bond acceptors (Lipinski definition) is 4. The maximum atomic E-state index is 12.6. The molecule has 1 N–H and O–H groups in total. The van der Waals surface area contributed by atoms with Crippen LogP contribution in [0.3, 0.4) is 0 Å². The van der Waals surface area contributed by atoms with Gasteiger partial charge < -0.3 is 19.5 Å². The molecule has 0 saturated heterocycles. The first kappa shape index (κ1) is 20.9. The Balaban J connectivity index is 2.00. The van der Waals surface area contributed by atoms with E-state index in [1.807, 2.05) is 32.0 Å². The lowest BCUT2D eigenvalue weighted by atomic mass is 10.1. The Morgan fingerprint density at radius 3 is 2.26 bits per heavy atom. The number of carbonyl (C=O) groups excluding carboxylic acids is 1. The van der Waals surface area contributed by atoms with Crippen LogP contribution in [0.5, 0.6) is 17.2 Å². The molecule has 6 heteroatoms. The second kappa shape index (κ2) is 9.51. The van der Waals surface area contributed by atoms with Gasteiger partial charge >= 0.3 is 0 Å². The van der Waals surface area contributed by atoms with Crippen LogP contribution >= 0.6 is 11.6 Å². The predicted molar refractivity (Wildman–Crippen MR) is 107 cm³/mol. The third-order valence-corrected chi connectivity index (χ3v) is 4.05. The molecule has 2 rings (SSSR count). The third-order valence-electron chi connectivity index (χ3n) is 3.79. The summed E-state index contributed by atoms with van der Waals surface area (Å²) in [6.45, 7) is 8.75. The van der Waals surface area contributed by atoms with Gasteiger partial charge in [0.1, 0.15) is 5.75 Å². The summed E-state index contributed by atoms with van der Waals surface area (Å²) in [5.41, 5.74) is -0.112. The van der Waals surface area contributed by atoms with Crippen LogP contribution in [0, 0.1) is 0 Å². The van der Waals surface area contributed by atoms with Crippen LogP contribution in [0.2, 0.25) is 5.02 Å². The Labute approximate surface area is 165 Å². The van der Waals surface area contributed by atoms with E-state index in [0.29, 0.717) is 42.0 Å². The Morgan fingerprint density at radius 1 is 1.00 bits per heavy atom. The summed E-state index contributed by atoms with van der Waals surface area (Å²) in [5.74, 6) is 1.73. The minimum absolute atomic E-state index is 0.218. The van der Waals surface area contributed by atoms with Crippen molar-refractivity contribution in [1.29, 1.82) is 0 Å². The first-order chi connectivity index (χ1) is 12.9. The van der Waals surface area contributed by atoms with Gasteiger partial charge in [-0.05, 0) is 69.7 Å². The lowest BCUT2D eigenvalue weighted by molar-refractivity contribution is -0.134. The molecule has 0 aliphatic heterocycles. The summed E-state index contributed by atoms with van der Waals surface area (Å²) < 4.78 is 17.0. The van der Waals surface area contributed by atoms with Crippen LogP contribution in [0.4, 0.5) is 0 Å². The lowest BCUT2D eigenvalue weighted by Gasteiger charge is -2.25. The average Bonchev–Trinajstić information content (AvgIpc) is 2.63. The molecule has 0 spiro atoms. The van der Waals surface area contributed by atoms with Gasteiger partial charge in [0.2, 0.25) is 0 Å². The highest BCUT2D eigenvalue weighted by atomic mass is 35.5. The van der Waals surface area contributed by atoms with Crippen molar-refractivity contribution < 1.29 is 19.0 Å². The van der Waals surface area contributed by atoms with Crippen LogP contribution < -0.4 is 19.5 Å². The zero-order valence-corrected chi connectivity index (χ0v) is 16.9. The van der Waals surface area contributed by atoms with Crippen LogP contribution in [0.1, 0.15) is 33.3 Å². The molecule has 146 valence electrons. The normalized spacial score (nSPS) is 11.0. The molecule has 0 unspecified atom stereocenters. The smallest absolute Gasteiger partial charge is 0.263 e. The van der Waals surface area contributed by atoms with Crippen LogP contribution in [-0.4, -0.2) is 24.7 Å². The van der Waals surface area contributed by atoms with Gasteiger partial charge in [-0.2, -0.15) is 0 Å². The number of halogens is 1. The third kappa shape index (κ3) is 6.07. The van der Waals surface area contributed by atoms with Crippen molar-refractivity contribution in [3.63, 3.8) is 0 Å². The minimum atomic E-state index is -1.03. The van der Waals surface area contributed by atoms with Crippen molar-refractivity contribution >= 4 is 17.5 Å². The van der Waals surface area contributed by atoms with Gasteiger partial charge in [-0.15, -0.1) is 0 Å². The van der Waals surface area contributed by atoms with Gasteiger partial charge in [0.05, 0.1) is 13.2 Å². The maximum absolute atomic E-state index is 12.6. The van der Waals surface area contributed by atoms with E-state index in [0.717, 1.165) is 5.56 Å². The van der Waals surface area contributed by atoms with Crippen molar-refractivity contribution in [2.45, 2.75) is 39.8 Å². The van der Waals surface area contributed by atoms with E-state index in [-0.39, 0.29) is 5.91 Å². The number of benzene rings is 2. The Hall–Kier alpha value is -2.40. The largest absolute Gasteiger partial charge is 0.490 e. The van der Waals surface area contributed by atoms with Crippen molar-refractivity contribution in [1.82, 2.24) is 5.32 Å². The highest BCUT2D eigenvalue weighted by molar-refractivity contribution is 6.30. The van der Waals surface area contributed by atoms with Crippen LogP contribution in [0.25, 0.3) is 0 Å². The van der Waals surface area contributed by atoms with E-state index in [1.165, 1.54) is 0 Å². The standard InChI is InChI=1S/C21H26ClNO4/c1-5-25-18-12-7-15(13-19(18)26-6-2)14-23-20(24)21(3,4)27-17-10-8-16(22)9-11-17/h7-13H,5-6,14H2,1-4H3,(H,23,24). The predicted octanol–water partition coefficient (Wildman–Crippen LogP) is 4.61. The highest BCUT2D eigenvalue weighted by Gasteiger charge is 2.29. The quantitative estimate of drug-likeness (QED) is 0.678. The van der Waals surface area contributed by atoms with Crippen molar-refractivity contribution in [2.75, 3.05) is 13.2 Å². The Bertz CT molecular complexity index is 759. The van der Waals surface area contributed by atoms with Gasteiger partial charge in [-0.25, -0.2) is 0 Å². The number of amides is 1. The molecule has 2 aromatic rings. The fourth-order valence-corrected chi connectivity index (χ4v) is 2.57. The second-order valence-electron chi connectivity index (χ2n) is 6.40. The van der Waals surface area contributed by atoms with E-state index in [4.69, 9.17) is 25.8 Å². The molecule has 0 aliphatic rings. The number of rotatable bonds is 9. The summed E-state index contributed by atoms with van der Waals surface area (Å²) in [6, 6.07) is 12.5. The van der Waals surface area contributed by atoms with Gasteiger partial charge in [0.15, 0.2) is 17.1 Å². The highest BCUT2D eigenvalue weighted by Crippen LogP contribution is 2.28. The van der Waals surface area contributed by atoms with E-state index < -0.39 is 5.60 Å². The first-order valence-electron chi connectivity index (χ1n) is 8.97. The van der Waals surface area contributed by atoms with E-state index in [9.17, 15) is 4.79 Å². The first-order valence-corrected chi connectivity index (χ1v) is 9.35. The van der Waals surface area contributed by atoms with Gasteiger partial charge in [0, 0.05) is 11.6 Å². The zero-order valence-electron chi connectivity index (χ0n) is 16.2. The van der Waals surface area contributed by atoms with E-state index in [1.54, 1.807) is 38.1 Å². The van der Waals surface area contributed by atoms with Crippen LogP contribution in [-0.2, 0) is 11.3 Å². The second-order valence-corrected chi connectivity index (χ2v) is 6.83. The molecule has 0 saturated carbocycles. The van der Waals surface area contributed by atoms with Crippen molar-refractivity contribution in [2.24, 2.45) is 0 Å². The molecule has 0 atom stereocenters. The lowest BCUT2D eigenvalue weighted by Crippen LogP contribution is -2.46. The molecule has 1 amide bonds. The SMILES string of the molecule is CCOc1ccc(CNC(=O)C(C)(C)Oc2ccc(Cl)cc2)cc1OCC. The van der Waals surface area contributed by atoms with Crippen molar-refractivity contribution in [3.05, 3.63) is 53.1 Å². The topological polar surface area (TPSA) is 56.8 Å². The molecule has 27 heavy (non-hydrogen) atoms. The summed E-state index contributed by atoms with van der Waals surface area (Å²) in [7, 11) is 0. The summed E-state index contributed by atoms with van der Waals surface area (Å²) in [6.07, 6.45) is 0. The number of carbonyl (C=O) groups is 1. The Morgan fingerprint density at radius 2 is 1.63 bits per heavy atom. The molecule has 2 aromatic carbocycles. The van der Waals surface area contributed by atoms with Crippen molar-refractivity contribution in [3.8, 4) is 17.2 Å². The van der Waals surface area contributed by atoms with Gasteiger partial charge in [-0.1, -0.05) is 17.7 Å². The molecular formula is C21H26ClNO4. The summed E-state index contributed by atoms with van der Waals surface area (Å²) in [4.78, 5) is 12.6. The molecule has 0 fully saturated rings. The van der Waals surface area contributed by atoms with E-state index in [2.05, 4.69) is 5.32 Å². The molecule has 0 aromatic heterocycles. The molecule has 0 radical (unpaired) electrons. The molecule has 0 bridgehead atoms. The monoisotopic (exact) mass is 391 g/mol. The fourth-order valence-electron chi connectivity index (χ4n) is 2.44. The number of ether oxygens (including phenoxy) is 3. The molecule has 0 aliphatic carbocycles. The molecule has 0 heterocycles. The number of nitrogens with one attached hydrogen (secondary N) is 1. The average molecular weight is 392 g/mol. The van der Waals surface area contributed by atoms with Crippen LogP contribution in [0.15, 0.2) is 42.5 Å². The number of hydrogen-bond donors (Lipinski definition) is 1. The molecule has 5 nitrogen and oxygen atoms in total. The Kier molecular flexibility index (Phi) is 7.36. The summed E-state index contributed by atoms with van der Waals surface area (Å²) in [5, 5.41) is 3.52.